The molecule has 0 bridgehead atoms. The standard InChI is InChI=1S/C12H18BrNOS/c13-12-5-4-11(16-12)6-7-14-9-10-3-1-2-8-15-10/h4-5,10,14H,1-3,6-9H2. The Balaban J connectivity index is 1.57. The summed E-state index contributed by atoms with van der Waals surface area (Å²) in [6.45, 7) is 3.00. The SMILES string of the molecule is Brc1ccc(CCNCC2CCCCO2)s1. The lowest BCUT2D eigenvalue weighted by Crippen LogP contribution is -2.32. The second-order valence-corrected chi connectivity index (χ2v) is 6.70. The predicted octanol–water partition coefficient (Wildman–Crippen LogP) is 3.21. The third-order valence-electron chi connectivity index (χ3n) is 2.82. The smallest absolute Gasteiger partial charge is 0.0701 e. The third kappa shape index (κ3) is 4.17. The first kappa shape index (κ1) is 12.6. The number of rotatable bonds is 5. The average Bonchev–Trinajstić information content (AvgIpc) is 2.72. The van der Waals surface area contributed by atoms with E-state index in [-0.39, 0.29) is 0 Å². The van der Waals surface area contributed by atoms with Gasteiger partial charge in [0, 0.05) is 24.6 Å². The van der Waals surface area contributed by atoms with E-state index < -0.39 is 0 Å². The van der Waals surface area contributed by atoms with E-state index >= 15 is 0 Å². The molecule has 1 unspecified atom stereocenters. The van der Waals surface area contributed by atoms with Gasteiger partial charge in [-0.05, 0) is 53.7 Å². The Morgan fingerprint density at radius 1 is 1.44 bits per heavy atom. The van der Waals surface area contributed by atoms with Crippen LogP contribution in [0.2, 0.25) is 0 Å². The molecule has 1 saturated heterocycles. The number of ether oxygens (including phenoxy) is 1. The second kappa shape index (κ2) is 6.74. The van der Waals surface area contributed by atoms with Gasteiger partial charge in [-0.2, -0.15) is 0 Å². The number of hydrogen-bond donors (Lipinski definition) is 1. The summed E-state index contributed by atoms with van der Waals surface area (Å²) in [5.74, 6) is 0. The molecular formula is C12H18BrNOS. The van der Waals surface area contributed by atoms with Crippen LogP contribution in [0.15, 0.2) is 15.9 Å². The lowest BCUT2D eigenvalue weighted by atomic mass is 10.1. The maximum absolute atomic E-state index is 5.67. The Morgan fingerprint density at radius 3 is 3.06 bits per heavy atom. The highest BCUT2D eigenvalue weighted by Gasteiger charge is 2.12. The zero-order valence-electron chi connectivity index (χ0n) is 9.38. The first-order valence-corrected chi connectivity index (χ1v) is 7.52. The van der Waals surface area contributed by atoms with E-state index in [1.54, 1.807) is 0 Å². The second-order valence-electron chi connectivity index (χ2n) is 4.15. The molecule has 1 aliphatic heterocycles. The van der Waals surface area contributed by atoms with Crippen LogP contribution in [-0.2, 0) is 11.2 Å². The molecule has 16 heavy (non-hydrogen) atoms. The summed E-state index contributed by atoms with van der Waals surface area (Å²) in [5.41, 5.74) is 0. The fourth-order valence-corrected chi connectivity index (χ4v) is 3.41. The van der Waals surface area contributed by atoms with Gasteiger partial charge < -0.3 is 10.1 Å². The predicted molar refractivity (Wildman–Crippen MR) is 72.2 cm³/mol. The summed E-state index contributed by atoms with van der Waals surface area (Å²) in [5, 5.41) is 3.48. The molecule has 1 N–H and O–H groups in total. The first-order valence-electron chi connectivity index (χ1n) is 5.91. The molecule has 0 radical (unpaired) electrons. The Morgan fingerprint density at radius 2 is 2.38 bits per heavy atom. The molecule has 0 amide bonds. The van der Waals surface area contributed by atoms with Gasteiger partial charge in [0.2, 0.25) is 0 Å². The molecule has 0 aliphatic carbocycles. The van der Waals surface area contributed by atoms with Gasteiger partial charge in [-0.1, -0.05) is 0 Å². The quantitative estimate of drug-likeness (QED) is 0.844. The van der Waals surface area contributed by atoms with Crippen molar-refractivity contribution in [1.29, 1.82) is 0 Å². The van der Waals surface area contributed by atoms with Gasteiger partial charge in [-0.25, -0.2) is 0 Å². The van der Waals surface area contributed by atoms with Crippen LogP contribution in [-0.4, -0.2) is 25.8 Å². The molecule has 1 aliphatic rings. The monoisotopic (exact) mass is 303 g/mol. The molecule has 2 rings (SSSR count). The number of nitrogens with one attached hydrogen (secondary N) is 1. The molecule has 90 valence electrons. The van der Waals surface area contributed by atoms with Gasteiger partial charge in [0.15, 0.2) is 0 Å². The maximum Gasteiger partial charge on any atom is 0.0701 e. The van der Waals surface area contributed by atoms with Crippen molar-refractivity contribution < 1.29 is 4.74 Å². The average molecular weight is 304 g/mol. The van der Waals surface area contributed by atoms with Crippen molar-refractivity contribution >= 4 is 27.3 Å². The van der Waals surface area contributed by atoms with Gasteiger partial charge >= 0.3 is 0 Å². The summed E-state index contributed by atoms with van der Waals surface area (Å²) in [6, 6.07) is 4.30. The Hall–Kier alpha value is 0.1000. The number of thiophene rings is 1. The molecule has 2 nitrogen and oxygen atoms in total. The van der Waals surface area contributed by atoms with Crippen LogP contribution in [0, 0.1) is 0 Å². The first-order chi connectivity index (χ1) is 7.84. The van der Waals surface area contributed by atoms with Gasteiger partial charge in [-0.3, -0.25) is 0 Å². The normalized spacial score (nSPS) is 21.2. The van der Waals surface area contributed by atoms with Crippen molar-refractivity contribution in [1.82, 2.24) is 5.32 Å². The molecule has 2 heterocycles. The van der Waals surface area contributed by atoms with E-state index in [9.17, 15) is 0 Å². The highest BCUT2D eigenvalue weighted by Crippen LogP contribution is 2.22. The van der Waals surface area contributed by atoms with Crippen molar-refractivity contribution in [2.75, 3.05) is 19.7 Å². The molecule has 0 aromatic carbocycles. The minimum absolute atomic E-state index is 0.448. The van der Waals surface area contributed by atoms with Crippen LogP contribution in [0.25, 0.3) is 0 Å². The van der Waals surface area contributed by atoms with Crippen LogP contribution >= 0.6 is 27.3 Å². The minimum Gasteiger partial charge on any atom is -0.377 e. The van der Waals surface area contributed by atoms with Crippen molar-refractivity contribution in [2.45, 2.75) is 31.8 Å². The van der Waals surface area contributed by atoms with Gasteiger partial charge in [-0.15, -0.1) is 11.3 Å². The van der Waals surface area contributed by atoms with E-state index in [2.05, 4.69) is 33.4 Å². The van der Waals surface area contributed by atoms with E-state index in [0.29, 0.717) is 6.10 Å². The van der Waals surface area contributed by atoms with Gasteiger partial charge in [0.25, 0.3) is 0 Å². The molecule has 1 aromatic heterocycles. The van der Waals surface area contributed by atoms with Crippen molar-refractivity contribution in [3.8, 4) is 0 Å². The van der Waals surface area contributed by atoms with E-state index in [1.807, 2.05) is 11.3 Å². The Labute approximate surface area is 110 Å². The molecular weight excluding hydrogens is 286 g/mol. The molecule has 1 aromatic rings. The summed E-state index contributed by atoms with van der Waals surface area (Å²) in [7, 11) is 0. The van der Waals surface area contributed by atoms with E-state index in [0.717, 1.165) is 26.1 Å². The summed E-state index contributed by atoms with van der Waals surface area (Å²) >= 11 is 5.30. The zero-order valence-corrected chi connectivity index (χ0v) is 11.8. The highest BCUT2D eigenvalue weighted by molar-refractivity contribution is 9.11. The molecule has 1 fully saturated rings. The fourth-order valence-electron chi connectivity index (χ4n) is 1.93. The van der Waals surface area contributed by atoms with Crippen molar-refractivity contribution in [2.24, 2.45) is 0 Å². The van der Waals surface area contributed by atoms with Crippen LogP contribution < -0.4 is 5.32 Å². The summed E-state index contributed by atoms with van der Waals surface area (Å²) in [4.78, 5) is 1.43. The van der Waals surface area contributed by atoms with Crippen LogP contribution in [0.5, 0.6) is 0 Å². The largest absolute Gasteiger partial charge is 0.377 e. The fraction of sp³-hybridized carbons (Fsp3) is 0.667. The van der Waals surface area contributed by atoms with Crippen LogP contribution in [0.1, 0.15) is 24.1 Å². The van der Waals surface area contributed by atoms with Crippen molar-refractivity contribution in [3.05, 3.63) is 20.8 Å². The lowest BCUT2D eigenvalue weighted by Gasteiger charge is -2.22. The van der Waals surface area contributed by atoms with E-state index in [1.165, 1.54) is 27.9 Å². The Kier molecular flexibility index (Phi) is 5.29. The summed E-state index contributed by atoms with van der Waals surface area (Å²) in [6.07, 6.45) is 5.34. The topological polar surface area (TPSA) is 21.3 Å². The number of halogens is 1. The van der Waals surface area contributed by atoms with Gasteiger partial charge in [0.05, 0.1) is 9.89 Å². The molecule has 1 atom stereocenters. The van der Waals surface area contributed by atoms with Crippen LogP contribution in [0.4, 0.5) is 0 Å². The van der Waals surface area contributed by atoms with Gasteiger partial charge in [0.1, 0.15) is 0 Å². The Bertz CT molecular complexity index is 310. The van der Waals surface area contributed by atoms with Crippen LogP contribution in [0.3, 0.4) is 0 Å². The maximum atomic E-state index is 5.67. The molecule has 0 saturated carbocycles. The molecule has 0 spiro atoms. The molecule has 4 heteroatoms. The van der Waals surface area contributed by atoms with E-state index in [4.69, 9.17) is 4.74 Å². The summed E-state index contributed by atoms with van der Waals surface area (Å²) < 4.78 is 6.89. The zero-order chi connectivity index (χ0) is 11.2. The number of hydrogen-bond acceptors (Lipinski definition) is 3. The highest BCUT2D eigenvalue weighted by atomic mass is 79.9. The minimum atomic E-state index is 0.448. The lowest BCUT2D eigenvalue weighted by molar-refractivity contribution is 0.0171. The van der Waals surface area contributed by atoms with Crippen molar-refractivity contribution in [3.63, 3.8) is 0 Å². The third-order valence-corrected chi connectivity index (χ3v) is 4.51.